The highest BCUT2D eigenvalue weighted by Crippen LogP contribution is 2.35. The van der Waals surface area contributed by atoms with Gasteiger partial charge in [-0.25, -0.2) is 9.78 Å². The van der Waals surface area contributed by atoms with Crippen LogP contribution in [0.3, 0.4) is 0 Å². The van der Waals surface area contributed by atoms with Crippen LogP contribution in [0.15, 0.2) is 95.9 Å². The summed E-state index contributed by atoms with van der Waals surface area (Å²) in [6.45, 7) is 16.7. The van der Waals surface area contributed by atoms with Crippen molar-refractivity contribution in [2.45, 2.75) is 72.4 Å². The van der Waals surface area contributed by atoms with E-state index in [9.17, 15) is 9.59 Å². The number of unbranched alkanes of at least 4 members (excludes halogenated alkanes) is 1. The van der Waals surface area contributed by atoms with E-state index in [1.165, 1.54) is 5.56 Å². The van der Waals surface area contributed by atoms with Crippen LogP contribution in [0.4, 0.5) is 16.2 Å². The van der Waals surface area contributed by atoms with Crippen LogP contribution in [0.25, 0.3) is 22.2 Å². The standard InChI is InChI=1S/C45H52N6O2/c1-6-7-25-51-43-39(22-13-23-46-43)40(42(44(51)52)48-45(53)47-41-37(32(2)3)20-12-21-38(41)33(4)5)36-19-11-17-34(30-36)18-14-24-49-26-28-50(29-27-49)31-35-15-9-8-10-16-35/h8-13,15-17,19-23,30,32-33H,6-7,24-29,31H2,1-5H3,(H2,47,48,53). The third-order valence-electron chi connectivity index (χ3n) is 10.0. The zero-order valence-electron chi connectivity index (χ0n) is 31.8. The molecule has 1 aliphatic rings. The van der Waals surface area contributed by atoms with Crippen LogP contribution in [-0.2, 0) is 13.1 Å². The van der Waals surface area contributed by atoms with E-state index in [4.69, 9.17) is 0 Å². The second-order valence-electron chi connectivity index (χ2n) is 14.6. The molecule has 0 aliphatic carbocycles. The SMILES string of the molecule is CCCCn1c(=O)c(NC(=O)Nc2c(C(C)C)cccc2C(C)C)c(-c2cccc(C#CCN3CCN(Cc4ccccc4)CC3)c2)c2cccnc21. The van der Waals surface area contributed by atoms with Gasteiger partial charge in [0.1, 0.15) is 11.3 Å². The number of nitrogens with one attached hydrogen (secondary N) is 2. The Morgan fingerprint density at radius 2 is 1.49 bits per heavy atom. The number of piperazine rings is 1. The Hall–Kier alpha value is -5.23. The van der Waals surface area contributed by atoms with Crippen molar-refractivity contribution < 1.29 is 4.79 Å². The number of hydrogen-bond acceptors (Lipinski definition) is 5. The molecule has 5 aromatic rings. The van der Waals surface area contributed by atoms with E-state index in [1.54, 1.807) is 10.8 Å². The predicted molar refractivity (Wildman–Crippen MR) is 219 cm³/mol. The summed E-state index contributed by atoms with van der Waals surface area (Å²) >= 11 is 0. The van der Waals surface area contributed by atoms with Gasteiger partial charge in [0, 0.05) is 67.7 Å². The van der Waals surface area contributed by atoms with E-state index in [0.717, 1.165) is 78.9 Å². The third kappa shape index (κ3) is 9.05. The van der Waals surface area contributed by atoms with E-state index in [2.05, 4.69) is 114 Å². The number of pyridine rings is 2. The molecule has 2 amide bonds. The van der Waals surface area contributed by atoms with Crippen molar-refractivity contribution in [1.29, 1.82) is 0 Å². The topological polar surface area (TPSA) is 82.5 Å². The Bertz CT molecular complexity index is 2130. The minimum absolute atomic E-state index is 0.200. The third-order valence-corrected chi connectivity index (χ3v) is 10.0. The second kappa shape index (κ2) is 17.5. The van der Waals surface area contributed by atoms with Crippen molar-refractivity contribution in [3.05, 3.63) is 124 Å². The minimum Gasteiger partial charge on any atom is -0.307 e. The Balaban J connectivity index is 1.29. The number of aromatic nitrogens is 2. The Labute approximate surface area is 314 Å². The van der Waals surface area contributed by atoms with Crippen molar-refractivity contribution in [3.63, 3.8) is 0 Å². The van der Waals surface area contributed by atoms with Gasteiger partial charge in [0.05, 0.1) is 6.54 Å². The molecule has 0 bridgehead atoms. The summed E-state index contributed by atoms with van der Waals surface area (Å²) in [7, 11) is 0. The lowest BCUT2D eigenvalue weighted by Gasteiger charge is -2.33. The molecule has 1 saturated heterocycles. The number of anilines is 2. The van der Waals surface area contributed by atoms with Crippen LogP contribution in [0.1, 0.15) is 81.5 Å². The molecule has 3 aromatic carbocycles. The van der Waals surface area contributed by atoms with Gasteiger partial charge < -0.3 is 10.6 Å². The van der Waals surface area contributed by atoms with E-state index in [1.807, 2.05) is 42.5 Å². The molecule has 1 aliphatic heterocycles. The number of fused-ring (bicyclic) bond motifs is 1. The van der Waals surface area contributed by atoms with Gasteiger partial charge >= 0.3 is 6.03 Å². The number of carbonyl (C=O) groups is 1. The van der Waals surface area contributed by atoms with Crippen molar-refractivity contribution >= 4 is 28.4 Å². The fourth-order valence-corrected chi connectivity index (χ4v) is 7.13. The summed E-state index contributed by atoms with van der Waals surface area (Å²) in [5.41, 5.74) is 7.07. The van der Waals surface area contributed by atoms with Crippen LogP contribution in [0.2, 0.25) is 0 Å². The van der Waals surface area contributed by atoms with Crippen molar-refractivity contribution in [2.24, 2.45) is 0 Å². The maximum absolute atomic E-state index is 14.4. The van der Waals surface area contributed by atoms with Gasteiger partial charge in [-0.15, -0.1) is 0 Å². The molecule has 2 aromatic heterocycles. The first-order chi connectivity index (χ1) is 25.7. The van der Waals surface area contributed by atoms with E-state index < -0.39 is 6.03 Å². The lowest BCUT2D eigenvalue weighted by molar-refractivity contribution is 0.138. The average molecular weight is 709 g/mol. The van der Waals surface area contributed by atoms with Crippen molar-refractivity contribution in [1.82, 2.24) is 19.4 Å². The number of urea groups is 1. The molecular formula is C45H52N6O2. The molecule has 274 valence electrons. The predicted octanol–water partition coefficient (Wildman–Crippen LogP) is 8.92. The first kappa shape index (κ1) is 37.5. The number of benzene rings is 3. The van der Waals surface area contributed by atoms with Crippen LogP contribution in [0.5, 0.6) is 0 Å². The summed E-state index contributed by atoms with van der Waals surface area (Å²) < 4.78 is 1.70. The maximum atomic E-state index is 14.4. The highest BCUT2D eigenvalue weighted by molar-refractivity contribution is 6.07. The quantitative estimate of drug-likeness (QED) is 0.134. The molecule has 3 heterocycles. The highest BCUT2D eigenvalue weighted by Gasteiger charge is 2.23. The average Bonchev–Trinajstić information content (AvgIpc) is 3.16. The molecule has 6 rings (SSSR count). The van der Waals surface area contributed by atoms with E-state index >= 15 is 0 Å². The van der Waals surface area contributed by atoms with Crippen LogP contribution in [-0.4, -0.2) is 58.1 Å². The zero-order chi connectivity index (χ0) is 37.3. The Morgan fingerprint density at radius 1 is 0.811 bits per heavy atom. The molecule has 8 nitrogen and oxygen atoms in total. The number of carbonyl (C=O) groups excluding carboxylic acids is 1. The number of aryl methyl sites for hydroxylation is 1. The van der Waals surface area contributed by atoms with Gasteiger partial charge in [0.15, 0.2) is 0 Å². The molecule has 8 heteroatoms. The number of para-hydroxylation sites is 1. The summed E-state index contributed by atoms with van der Waals surface area (Å²) in [6.07, 6.45) is 3.44. The number of nitrogens with zero attached hydrogens (tertiary/aromatic N) is 4. The normalized spacial score (nSPS) is 13.6. The van der Waals surface area contributed by atoms with Crippen LogP contribution >= 0.6 is 0 Å². The number of amides is 2. The summed E-state index contributed by atoms with van der Waals surface area (Å²) in [6, 6.07) is 28.1. The van der Waals surface area contributed by atoms with Gasteiger partial charge in [-0.2, -0.15) is 0 Å². The largest absolute Gasteiger partial charge is 0.323 e. The monoisotopic (exact) mass is 708 g/mol. The summed E-state index contributed by atoms with van der Waals surface area (Å²) in [5.74, 6) is 7.17. The van der Waals surface area contributed by atoms with Crippen molar-refractivity contribution in [3.8, 4) is 23.0 Å². The van der Waals surface area contributed by atoms with Crippen molar-refractivity contribution in [2.75, 3.05) is 43.4 Å². The second-order valence-corrected chi connectivity index (χ2v) is 14.6. The molecule has 1 fully saturated rings. The Kier molecular flexibility index (Phi) is 12.4. The lowest BCUT2D eigenvalue weighted by Crippen LogP contribution is -2.45. The lowest BCUT2D eigenvalue weighted by atomic mass is 9.93. The molecular weight excluding hydrogens is 657 g/mol. The van der Waals surface area contributed by atoms with Gasteiger partial charge in [0.25, 0.3) is 5.56 Å². The first-order valence-electron chi connectivity index (χ1n) is 19.0. The first-order valence-corrected chi connectivity index (χ1v) is 19.0. The molecule has 0 atom stereocenters. The fraction of sp³-hybridized carbons (Fsp3) is 0.356. The number of hydrogen-bond donors (Lipinski definition) is 2. The van der Waals surface area contributed by atoms with Gasteiger partial charge in [0.2, 0.25) is 0 Å². The van der Waals surface area contributed by atoms with Crippen LogP contribution < -0.4 is 16.2 Å². The minimum atomic E-state index is -0.455. The van der Waals surface area contributed by atoms with Crippen LogP contribution in [0, 0.1) is 11.8 Å². The molecule has 0 unspecified atom stereocenters. The molecule has 0 radical (unpaired) electrons. The Morgan fingerprint density at radius 3 is 2.19 bits per heavy atom. The smallest absolute Gasteiger partial charge is 0.307 e. The summed E-state index contributed by atoms with van der Waals surface area (Å²) in [4.78, 5) is 38.0. The van der Waals surface area contributed by atoms with E-state index in [-0.39, 0.29) is 23.1 Å². The number of rotatable bonds is 11. The van der Waals surface area contributed by atoms with Gasteiger partial charge in [-0.3, -0.25) is 19.2 Å². The molecule has 0 saturated carbocycles. The zero-order valence-corrected chi connectivity index (χ0v) is 31.8. The molecule has 53 heavy (non-hydrogen) atoms. The summed E-state index contributed by atoms with van der Waals surface area (Å²) in [5, 5.41) is 6.98. The fourth-order valence-electron chi connectivity index (χ4n) is 7.13. The van der Waals surface area contributed by atoms with E-state index in [0.29, 0.717) is 24.3 Å². The maximum Gasteiger partial charge on any atom is 0.323 e. The molecule has 0 spiro atoms. The van der Waals surface area contributed by atoms with Gasteiger partial charge in [-0.1, -0.05) is 114 Å². The molecule has 2 N–H and O–H groups in total. The highest BCUT2D eigenvalue weighted by atomic mass is 16.2. The van der Waals surface area contributed by atoms with Gasteiger partial charge in [-0.05, 0) is 64.8 Å².